The van der Waals surface area contributed by atoms with Crippen molar-refractivity contribution in [2.24, 2.45) is 0 Å². The van der Waals surface area contributed by atoms with Gasteiger partial charge < -0.3 is 5.73 Å². The molecule has 82 valence electrons. The Morgan fingerprint density at radius 3 is 2.38 bits per heavy atom. The van der Waals surface area contributed by atoms with E-state index in [0.29, 0.717) is 10.7 Å². The Labute approximate surface area is 98.7 Å². The van der Waals surface area contributed by atoms with Crippen LogP contribution in [0.2, 0.25) is 5.02 Å². The van der Waals surface area contributed by atoms with E-state index in [1.807, 2.05) is 13.0 Å². The molecular formula is C13H11ClFN. The Bertz CT molecular complexity index is 520. The van der Waals surface area contributed by atoms with Crippen LogP contribution < -0.4 is 5.73 Å². The second kappa shape index (κ2) is 4.14. The van der Waals surface area contributed by atoms with Gasteiger partial charge in [-0.15, -0.1) is 0 Å². The average molecular weight is 236 g/mol. The lowest BCUT2D eigenvalue weighted by molar-refractivity contribution is 0.628. The van der Waals surface area contributed by atoms with Crippen molar-refractivity contribution in [1.82, 2.24) is 0 Å². The third-order valence-electron chi connectivity index (χ3n) is 2.51. The molecule has 2 aromatic rings. The summed E-state index contributed by atoms with van der Waals surface area (Å²) in [5, 5.41) is 0.578. The van der Waals surface area contributed by atoms with E-state index in [0.717, 1.165) is 16.7 Å². The predicted octanol–water partition coefficient (Wildman–Crippen LogP) is 4.04. The molecule has 0 aliphatic carbocycles. The van der Waals surface area contributed by atoms with Crippen LogP contribution in [0, 0.1) is 12.7 Å². The molecule has 2 rings (SSSR count). The van der Waals surface area contributed by atoms with Gasteiger partial charge in [0.1, 0.15) is 5.82 Å². The van der Waals surface area contributed by atoms with Crippen LogP contribution in [0.15, 0.2) is 36.4 Å². The van der Waals surface area contributed by atoms with E-state index in [2.05, 4.69) is 0 Å². The lowest BCUT2D eigenvalue weighted by Crippen LogP contribution is -1.91. The Balaban J connectivity index is 2.56. The highest BCUT2D eigenvalue weighted by molar-refractivity contribution is 6.33. The van der Waals surface area contributed by atoms with Crippen molar-refractivity contribution < 1.29 is 4.39 Å². The van der Waals surface area contributed by atoms with Gasteiger partial charge in [0.2, 0.25) is 0 Å². The zero-order chi connectivity index (χ0) is 11.7. The summed E-state index contributed by atoms with van der Waals surface area (Å²) in [6, 6.07) is 9.85. The van der Waals surface area contributed by atoms with Gasteiger partial charge in [0.05, 0.1) is 5.02 Å². The molecule has 2 aromatic carbocycles. The lowest BCUT2D eigenvalue weighted by Gasteiger charge is -2.08. The van der Waals surface area contributed by atoms with Gasteiger partial charge >= 0.3 is 0 Å². The molecular weight excluding hydrogens is 225 g/mol. The highest BCUT2D eigenvalue weighted by Crippen LogP contribution is 2.31. The molecule has 3 heteroatoms. The first kappa shape index (κ1) is 11.0. The van der Waals surface area contributed by atoms with E-state index in [-0.39, 0.29) is 5.82 Å². The summed E-state index contributed by atoms with van der Waals surface area (Å²) in [5.74, 6) is -0.257. The third-order valence-corrected chi connectivity index (χ3v) is 2.82. The molecule has 1 nitrogen and oxygen atoms in total. The molecule has 16 heavy (non-hydrogen) atoms. The first-order valence-corrected chi connectivity index (χ1v) is 5.27. The number of nitrogens with two attached hydrogens (primary N) is 1. The smallest absolute Gasteiger partial charge is 0.123 e. The summed E-state index contributed by atoms with van der Waals surface area (Å²) in [6.45, 7) is 1.92. The molecule has 0 aliphatic heterocycles. The maximum absolute atomic E-state index is 12.8. The van der Waals surface area contributed by atoms with Crippen molar-refractivity contribution in [3.63, 3.8) is 0 Å². The number of aryl methyl sites for hydroxylation is 1. The predicted molar refractivity (Wildman–Crippen MR) is 66.0 cm³/mol. The lowest BCUT2D eigenvalue weighted by atomic mass is 10.0. The van der Waals surface area contributed by atoms with Crippen molar-refractivity contribution >= 4 is 17.3 Å². The minimum atomic E-state index is -0.257. The number of hydrogen-bond acceptors (Lipinski definition) is 1. The quantitative estimate of drug-likeness (QED) is 0.742. The van der Waals surface area contributed by atoms with E-state index in [4.69, 9.17) is 17.3 Å². The molecule has 0 atom stereocenters. The number of anilines is 1. The molecule has 0 fully saturated rings. The fourth-order valence-corrected chi connectivity index (χ4v) is 1.83. The highest BCUT2D eigenvalue weighted by Gasteiger charge is 2.06. The largest absolute Gasteiger partial charge is 0.398 e. The topological polar surface area (TPSA) is 26.0 Å². The molecule has 0 saturated carbocycles. The van der Waals surface area contributed by atoms with Crippen LogP contribution in [0.4, 0.5) is 10.1 Å². The maximum atomic E-state index is 12.8. The van der Waals surface area contributed by atoms with E-state index < -0.39 is 0 Å². The second-order valence-electron chi connectivity index (χ2n) is 3.70. The Kier molecular flexibility index (Phi) is 2.84. The van der Waals surface area contributed by atoms with Crippen molar-refractivity contribution in [3.8, 4) is 11.1 Å². The van der Waals surface area contributed by atoms with Crippen LogP contribution in [0.3, 0.4) is 0 Å². The molecule has 0 saturated heterocycles. The molecule has 0 unspecified atom stereocenters. The first-order chi connectivity index (χ1) is 7.58. The van der Waals surface area contributed by atoms with E-state index in [9.17, 15) is 4.39 Å². The van der Waals surface area contributed by atoms with Gasteiger partial charge in [0.15, 0.2) is 0 Å². The Hall–Kier alpha value is -1.54. The monoisotopic (exact) mass is 235 g/mol. The van der Waals surface area contributed by atoms with Crippen molar-refractivity contribution in [1.29, 1.82) is 0 Å². The summed E-state index contributed by atoms with van der Waals surface area (Å²) in [6.07, 6.45) is 0. The number of halogens is 2. The van der Waals surface area contributed by atoms with Crippen LogP contribution in [-0.2, 0) is 0 Å². The second-order valence-corrected chi connectivity index (χ2v) is 4.10. The molecule has 2 N–H and O–H groups in total. The zero-order valence-corrected chi connectivity index (χ0v) is 9.55. The molecule has 0 amide bonds. The van der Waals surface area contributed by atoms with E-state index in [1.165, 1.54) is 12.1 Å². The summed E-state index contributed by atoms with van der Waals surface area (Å²) >= 11 is 6.10. The van der Waals surface area contributed by atoms with Crippen LogP contribution in [0.1, 0.15) is 5.56 Å². The van der Waals surface area contributed by atoms with Gasteiger partial charge in [0, 0.05) is 11.3 Å². The first-order valence-electron chi connectivity index (χ1n) is 4.89. The summed E-state index contributed by atoms with van der Waals surface area (Å²) in [5.41, 5.74) is 9.12. The Morgan fingerprint density at radius 1 is 1.12 bits per heavy atom. The molecule has 0 bridgehead atoms. The summed E-state index contributed by atoms with van der Waals surface area (Å²) in [4.78, 5) is 0. The fourth-order valence-electron chi connectivity index (χ4n) is 1.55. The maximum Gasteiger partial charge on any atom is 0.123 e. The fraction of sp³-hybridized carbons (Fsp3) is 0.0769. The van der Waals surface area contributed by atoms with Crippen molar-refractivity contribution in [2.75, 3.05) is 5.73 Å². The SMILES string of the molecule is Cc1cc(-c2ccc(F)cc2)c(Cl)cc1N. The van der Waals surface area contributed by atoms with Crippen LogP contribution >= 0.6 is 11.6 Å². The average Bonchev–Trinajstić information content (AvgIpc) is 2.25. The molecule has 0 heterocycles. The number of benzene rings is 2. The van der Waals surface area contributed by atoms with E-state index >= 15 is 0 Å². The summed E-state index contributed by atoms with van der Waals surface area (Å²) in [7, 11) is 0. The van der Waals surface area contributed by atoms with Crippen molar-refractivity contribution in [3.05, 3.63) is 52.8 Å². The summed E-state index contributed by atoms with van der Waals surface area (Å²) < 4.78 is 12.8. The molecule has 0 radical (unpaired) electrons. The van der Waals surface area contributed by atoms with Gasteiger partial charge in [-0.2, -0.15) is 0 Å². The van der Waals surface area contributed by atoms with Gasteiger partial charge in [-0.05, 0) is 42.3 Å². The molecule has 0 spiro atoms. The van der Waals surface area contributed by atoms with Gasteiger partial charge in [-0.1, -0.05) is 23.7 Å². The minimum absolute atomic E-state index is 0.257. The number of rotatable bonds is 1. The highest BCUT2D eigenvalue weighted by atomic mass is 35.5. The van der Waals surface area contributed by atoms with Crippen LogP contribution in [0.25, 0.3) is 11.1 Å². The Morgan fingerprint density at radius 2 is 1.75 bits per heavy atom. The zero-order valence-electron chi connectivity index (χ0n) is 8.80. The number of nitrogen functional groups attached to an aromatic ring is 1. The van der Waals surface area contributed by atoms with Crippen LogP contribution in [-0.4, -0.2) is 0 Å². The van der Waals surface area contributed by atoms with Crippen LogP contribution in [0.5, 0.6) is 0 Å². The van der Waals surface area contributed by atoms with Crippen molar-refractivity contribution in [2.45, 2.75) is 6.92 Å². The van der Waals surface area contributed by atoms with Gasteiger partial charge in [-0.3, -0.25) is 0 Å². The number of hydrogen-bond donors (Lipinski definition) is 1. The van der Waals surface area contributed by atoms with E-state index in [1.54, 1.807) is 18.2 Å². The van der Waals surface area contributed by atoms with Gasteiger partial charge in [-0.25, -0.2) is 4.39 Å². The normalized spacial score (nSPS) is 10.4. The van der Waals surface area contributed by atoms with Gasteiger partial charge in [0.25, 0.3) is 0 Å². The molecule has 0 aromatic heterocycles. The molecule has 0 aliphatic rings. The standard InChI is InChI=1S/C13H11ClFN/c1-8-6-11(12(14)7-13(8)16)9-2-4-10(15)5-3-9/h2-7H,16H2,1H3. The minimum Gasteiger partial charge on any atom is -0.398 e. The third kappa shape index (κ3) is 2.02.